The number of nitrogens with zero attached hydrogens (tertiary/aromatic N) is 7. The Morgan fingerprint density at radius 2 is 1.87 bits per heavy atom. The summed E-state index contributed by atoms with van der Waals surface area (Å²) >= 11 is 0. The summed E-state index contributed by atoms with van der Waals surface area (Å²) in [6.45, 7) is 1.67. The van der Waals surface area contributed by atoms with Gasteiger partial charge in [0, 0.05) is 6.20 Å². The van der Waals surface area contributed by atoms with Crippen molar-refractivity contribution < 1.29 is 18.3 Å². The lowest BCUT2D eigenvalue weighted by atomic mass is 10.1. The van der Waals surface area contributed by atoms with Crippen LogP contribution in [0.3, 0.4) is 0 Å². The molecule has 9 nitrogen and oxygen atoms in total. The quantitative estimate of drug-likeness (QED) is 0.514. The van der Waals surface area contributed by atoms with Crippen molar-refractivity contribution in [2.24, 2.45) is 0 Å². The Hall–Kier alpha value is -3.67. The molecule has 0 radical (unpaired) electrons. The highest BCUT2D eigenvalue weighted by Gasteiger charge is 2.30. The van der Waals surface area contributed by atoms with E-state index in [1.165, 1.54) is 23.0 Å². The van der Waals surface area contributed by atoms with Gasteiger partial charge in [-0.1, -0.05) is 12.1 Å². The molecule has 3 aromatic heterocycles. The zero-order valence-corrected chi connectivity index (χ0v) is 16.2. The summed E-state index contributed by atoms with van der Waals surface area (Å²) in [5, 5.41) is 22.5. The molecular weight excluding hydrogens is 415 g/mol. The van der Waals surface area contributed by atoms with E-state index in [9.17, 15) is 23.1 Å². The molecule has 4 aromatic rings. The van der Waals surface area contributed by atoms with Crippen molar-refractivity contribution in [2.75, 3.05) is 0 Å². The van der Waals surface area contributed by atoms with E-state index in [4.69, 9.17) is 0 Å². The van der Waals surface area contributed by atoms with Gasteiger partial charge in [0.05, 0.1) is 24.0 Å². The number of fused-ring (bicyclic) bond motifs is 1. The van der Waals surface area contributed by atoms with Crippen LogP contribution < -0.4 is 5.56 Å². The highest BCUT2D eigenvalue weighted by Crippen LogP contribution is 2.30. The van der Waals surface area contributed by atoms with Gasteiger partial charge in [0.2, 0.25) is 0 Å². The van der Waals surface area contributed by atoms with Crippen LogP contribution in [0.15, 0.2) is 47.7 Å². The summed E-state index contributed by atoms with van der Waals surface area (Å²) in [6, 6.07) is 5.90. The number of aryl methyl sites for hydroxylation is 1. The van der Waals surface area contributed by atoms with E-state index in [1.54, 1.807) is 19.2 Å². The fourth-order valence-corrected chi connectivity index (χ4v) is 3.06. The highest BCUT2D eigenvalue weighted by molar-refractivity contribution is 5.76. The lowest BCUT2D eigenvalue weighted by Gasteiger charge is -2.12. The van der Waals surface area contributed by atoms with Crippen molar-refractivity contribution in [2.45, 2.75) is 32.3 Å². The predicted molar refractivity (Wildman–Crippen MR) is 102 cm³/mol. The maximum atomic E-state index is 12.7. The van der Waals surface area contributed by atoms with Gasteiger partial charge in [-0.25, -0.2) is 9.97 Å². The van der Waals surface area contributed by atoms with Crippen molar-refractivity contribution in [1.29, 1.82) is 0 Å². The first-order valence-electron chi connectivity index (χ1n) is 9.15. The van der Waals surface area contributed by atoms with E-state index in [0.717, 1.165) is 22.5 Å². The molecular formula is C19H16F3N7O2. The smallest absolute Gasteiger partial charge is 0.386 e. The van der Waals surface area contributed by atoms with Crippen molar-refractivity contribution >= 4 is 11.0 Å². The molecule has 160 valence electrons. The van der Waals surface area contributed by atoms with Crippen molar-refractivity contribution in [1.82, 2.24) is 34.7 Å². The Balaban J connectivity index is 1.49. The normalized spacial score (nSPS) is 12.9. The first-order valence-corrected chi connectivity index (χ1v) is 9.15. The van der Waals surface area contributed by atoms with E-state index in [1.807, 2.05) is 0 Å². The molecule has 12 heteroatoms. The molecule has 0 amide bonds. The topological polar surface area (TPSA) is 112 Å². The Morgan fingerprint density at radius 1 is 1.13 bits per heavy atom. The number of alkyl halides is 3. The van der Waals surface area contributed by atoms with Gasteiger partial charge in [-0.2, -0.15) is 18.0 Å². The van der Waals surface area contributed by atoms with E-state index < -0.39 is 17.8 Å². The van der Waals surface area contributed by atoms with E-state index >= 15 is 0 Å². The third-order valence-corrected chi connectivity index (χ3v) is 4.70. The van der Waals surface area contributed by atoms with E-state index in [2.05, 4.69) is 25.4 Å². The molecule has 0 aliphatic rings. The first kappa shape index (κ1) is 20.6. The number of aliphatic hydroxyl groups excluding tert-OH is 1. The number of halogens is 3. The number of aromatic nitrogens is 7. The van der Waals surface area contributed by atoms with Gasteiger partial charge in [0.25, 0.3) is 5.56 Å². The summed E-state index contributed by atoms with van der Waals surface area (Å²) in [4.78, 5) is 22.1. The third kappa shape index (κ3) is 4.28. The largest absolute Gasteiger partial charge is 0.416 e. The molecule has 0 aliphatic carbocycles. The van der Waals surface area contributed by atoms with Crippen LogP contribution in [0, 0.1) is 6.92 Å². The number of hydrogen-bond donors (Lipinski definition) is 1. The van der Waals surface area contributed by atoms with Crippen LogP contribution in [0.5, 0.6) is 0 Å². The molecule has 3 heterocycles. The van der Waals surface area contributed by atoms with Crippen LogP contribution in [0.4, 0.5) is 13.2 Å². The third-order valence-electron chi connectivity index (χ3n) is 4.70. The molecule has 0 aliphatic heterocycles. The lowest BCUT2D eigenvalue weighted by Crippen LogP contribution is -2.23. The van der Waals surface area contributed by atoms with E-state index in [-0.39, 0.29) is 30.0 Å². The molecule has 1 atom stereocenters. The predicted octanol–water partition coefficient (Wildman–Crippen LogP) is 1.89. The Bertz CT molecular complexity index is 1280. The van der Waals surface area contributed by atoms with Gasteiger partial charge in [0.1, 0.15) is 12.4 Å². The average Bonchev–Trinajstić information content (AvgIpc) is 3.16. The molecule has 1 N–H and O–H groups in total. The lowest BCUT2D eigenvalue weighted by molar-refractivity contribution is -0.137. The summed E-state index contributed by atoms with van der Waals surface area (Å²) in [5.74, 6) is 0.212. The van der Waals surface area contributed by atoms with Crippen LogP contribution in [-0.4, -0.2) is 39.8 Å². The van der Waals surface area contributed by atoms with Gasteiger partial charge in [-0.15, -0.1) is 10.2 Å². The maximum absolute atomic E-state index is 12.7. The minimum Gasteiger partial charge on any atom is -0.386 e. The zero-order chi connectivity index (χ0) is 22.2. The molecule has 1 unspecified atom stereocenters. The monoisotopic (exact) mass is 431 g/mol. The van der Waals surface area contributed by atoms with Crippen LogP contribution >= 0.6 is 0 Å². The molecule has 0 fully saturated rings. The second-order valence-electron chi connectivity index (χ2n) is 6.90. The molecule has 0 saturated carbocycles. The molecule has 4 rings (SSSR count). The highest BCUT2D eigenvalue weighted by atomic mass is 19.4. The number of pyridine rings is 1. The van der Waals surface area contributed by atoms with Gasteiger partial charge in [-0.3, -0.25) is 9.36 Å². The second kappa shape index (κ2) is 7.87. The Morgan fingerprint density at radius 3 is 2.58 bits per heavy atom. The second-order valence-corrected chi connectivity index (χ2v) is 6.90. The van der Waals surface area contributed by atoms with Crippen molar-refractivity contribution in [3.05, 3.63) is 75.7 Å². The minimum absolute atomic E-state index is 0.00643. The minimum atomic E-state index is -4.45. The van der Waals surface area contributed by atoms with Gasteiger partial charge < -0.3 is 5.11 Å². The Kier molecular flexibility index (Phi) is 5.23. The molecule has 0 saturated heterocycles. The summed E-state index contributed by atoms with van der Waals surface area (Å²) in [7, 11) is 0. The fraction of sp³-hybridized carbons (Fsp3) is 0.263. The van der Waals surface area contributed by atoms with Crippen LogP contribution in [-0.2, 0) is 19.3 Å². The summed E-state index contributed by atoms with van der Waals surface area (Å²) < 4.78 is 39.3. The van der Waals surface area contributed by atoms with Crippen LogP contribution in [0.1, 0.15) is 28.6 Å². The molecule has 31 heavy (non-hydrogen) atoms. The average molecular weight is 431 g/mol. The number of benzene rings is 1. The number of hydrogen-bond acceptors (Lipinski definition) is 7. The first-order chi connectivity index (χ1) is 14.7. The van der Waals surface area contributed by atoms with Crippen molar-refractivity contribution in [3.63, 3.8) is 0 Å². The fourth-order valence-electron chi connectivity index (χ4n) is 3.06. The molecule has 0 spiro atoms. The number of tetrazole rings is 1. The van der Waals surface area contributed by atoms with Gasteiger partial charge in [-0.05, 0) is 41.5 Å². The zero-order valence-electron chi connectivity index (χ0n) is 16.2. The van der Waals surface area contributed by atoms with E-state index in [0.29, 0.717) is 11.0 Å². The number of rotatable bonds is 5. The van der Waals surface area contributed by atoms with Crippen LogP contribution in [0.2, 0.25) is 0 Å². The molecule has 1 aromatic carbocycles. The standard InChI is InChI=1S/C19H16F3N7O2/c1-11-6-7-23-17-16(11)18(31)28(10-24-17)9-15-25-27-29(26-15)8-14(30)12-2-4-13(5-3-12)19(20,21)22/h2-7,10,14,30H,8-9H2,1H3. The number of aliphatic hydroxyl groups is 1. The summed E-state index contributed by atoms with van der Waals surface area (Å²) in [5.41, 5.74) is 0.275. The van der Waals surface area contributed by atoms with Crippen molar-refractivity contribution in [3.8, 4) is 0 Å². The molecule has 0 bridgehead atoms. The maximum Gasteiger partial charge on any atom is 0.416 e. The van der Waals surface area contributed by atoms with Gasteiger partial charge >= 0.3 is 6.18 Å². The van der Waals surface area contributed by atoms with Crippen LogP contribution in [0.25, 0.3) is 11.0 Å². The Labute approximate surface area is 172 Å². The summed E-state index contributed by atoms with van der Waals surface area (Å²) in [6.07, 6.45) is -2.67. The van der Waals surface area contributed by atoms with Gasteiger partial charge in [0.15, 0.2) is 11.5 Å². The SMILES string of the molecule is Cc1ccnc2ncn(Cc3nnn(CC(O)c4ccc(C(F)(F)F)cc4)n3)c(=O)c12.